The summed E-state index contributed by atoms with van der Waals surface area (Å²) in [5, 5.41) is 3.44. The minimum absolute atomic E-state index is 0.151. The lowest BCUT2D eigenvalue weighted by Gasteiger charge is -2.37. The van der Waals surface area contributed by atoms with E-state index >= 15 is 0 Å². The number of nitrogens with zero attached hydrogens (tertiary/aromatic N) is 4. The van der Waals surface area contributed by atoms with E-state index in [1.165, 1.54) is 5.56 Å². The summed E-state index contributed by atoms with van der Waals surface area (Å²) in [5.41, 5.74) is 1.30. The molecule has 2 saturated heterocycles. The van der Waals surface area contributed by atoms with Gasteiger partial charge in [-0.15, -0.1) is 0 Å². The topological polar surface area (TPSA) is 60.4 Å². The summed E-state index contributed by atoms with van der Waals surface area (Å²) >= 11 is 0. The van der Waals surface area contributed by atoms with E-state index in [0.717, 1.165) is 65.0 Å². The van der Waals surface area contributed by atoms with Crippen molar-refractivity contribution in [1.82, 2.24) is 20.0 Å². The summed E-state index contributed by atoms with van der Waals surface area (Å²) in [4.78, 5) is 23.2. The van der Waals surface area contributed by atoms with Gasteiger partial charge in [-0.1, -0.05) is 30.3 Å². The predicted molar refractivity (Wildman–Crippen MR) is 111 cm³/mol. The summed E-state index contributed by atoms with van der Waals surface area (Å²) in [6.07, 6.45) is 0. The van der Waals surface area contributed by atoms with E-state index in [-0.39, 0.29) is 11.9 Å². The van der Waals surface area contributed by atoms with Gasteiger partial charge < -0.3 is 19.9 Å². The molecule has 154 valence electrons. The number of nitrogens with one attached hydrogen (secondary N) is 1. The zero-order valence-electron chi connectivity index (χ0n) is 17.1. The number of piperazine rings is 1. The smallest absolute Gasteiger partial charge is 0.219 e. The fourth-order valence-electron chi connectivity index (χ4n) is 3.83. The molecule has 1 aromatic carbocycles. The minimum Gasteiger partial charge on any atom is -0.379 e. The average Bonchev–Trinajstić information content (AvgIpc) is 2.75. The molecule has 0 radical (unpaired) electrons. The summed E-state index contributed by atoms with van der Waals surface area (Å²) in [6, 6.07) is 10.9. The van der Waals surface area contributed by atoms with Gasteiger partial charge in [-0.25, -0.2) is 0 Å². The maximum absolute atomic E-state index is 11.6. The Labute approximate surface area is 168 Å². The second-order valence-electron chi connectivity index (χ2n) is 7.26. The van der Waals surface area contributed by atoms with E-state index < -0.39 is 0 Å². The fourth-order valence-corrected chi connectivity index (χ4v) is 3.83. The summed E-state index contributed by atoms with van der Waals surface area (Å²) < 4.78 is 5.54. The maximum atomic E-state index is 11.6. The Morgan fingerprint density at radius 3 is 2.32 bits per heavy atom. The van der Waals surface area contributed by atoms with Gasteiger partial charge in [-0.3, -0.25) is 14.7 Å². The number of morpholine rings is 1. The molecule has 0 saturated carbocycles. The number of hydrogen-bond donors (Lipinski definition) is 1. The van der Waals surface area contributed by atoms with Crippen LogP contribution in [-0.4, -0.2) is 92.1 Å². The Morgan fingerprint density at radius 2 is 1.71 bits per heavy atom. The van der Waals surface area contributed by atoms with Crippen molar-refractivity contribution in [2.75, 3.05) is 65.6 Å². The van der Waals surface area contributed by atoms with Crippen molar-refractivity contribution >= 4 is 11.9 Å². The summed E-state index contributed by atoms with van der Waals surface area (Å²) in [6.45, 7) is 11.8. The van der Waals surface area contributed by atoms with Gasteiger partial charge in [0, 0.05) is 52.7 Å². The highest BCUT2D eigenvalue weighted by molar-refractivity contribution is 5.80. The average molecular weight is 388 g/mol. The Kier molecular flexibility index (Phi) is 7.68. The Morgan fingerprint density at radius 1 is 1.07 bits per heavy atom. The van der Waals surface area contributed by atoms with Gasteiger partial charge in [0.1, 0.15) is 0 Å². The molecule has 7 heteroatoms. The zero-order chi connectivity index (χ0) is 19.8. The standard InChI is InChI=1S/C21H33N5O2/c1-3-22-21(26-11-9-24(10-12-26)18(2)27)23-17-20(19-7-5-4-6-8-19)25-13-15-28-16-14-25/h4-8,20H,3,9-17H2,1-2H3,(H,22,23). The third-order valence-electron chi connectivity index (χ3n) is 5.44. The van der Waals surface area contributed by atoms with E-state index in [1.54, 1.807) is 6.92 Å². The molecule has 2 aliphatic heterocycles. The summed E-state index contributed by atoms with van der Waals surface area (Å²) in [7, 11) is 0. The number of carbonyl (C=O) groups excluding carboxylic acids is 1. The SMILES string of the molecule is CCNC(=NCC(c1ccccc1)N1CCOCC1)N1CCN(C(C)=O)CC1. The van der Waals surface area contributed by atoms with Gasteiger partial charge in [0.25, 0.3) is 0 Å². The molecule has 1 N–H and O–H groups in total. The molecule has 7 nitrogen and oxygen atoms in total. The number of guanidine groups is 1. The fraction of sp³-hybridized carbons (Fsp3) is 0.619. The molecule has 2 fully saturated rings. The molecule has 3 rings (SSSR count). The van der Waals surface area contributed by atoms with E-state index in [2.05, 4.69) is 52.4 Å². The van der Waals surface area contributed by atoms with E-state index in [4.69, 9.17) is 9.73 Å². The van der Waals surface area contributed by atoms with Crippen LogP contribution in [-0.2, 0) is 9.53 Å². The van der Waals surface area contributed by atoms with Crippen molar-refractivity contribution in [2.45, 2.75) is 19.9 Å². The van der Waals surface area contributed by atoms with Gasteiger partial charge in [0.2, 0.25) is 5.91 Å². The lowest BCUT2D eigenvalue weighted by molar-refractivity contribution is -0.130. The van der Waals surface area contributed by atoms with Crippen LogP contribution in [0.25, 0.3) is 0 Å². The van der Waals surface area contributed by atoms with Gasteiger partial charge in [-0.05, 0) is 12.5 Å². The van der Waals surface area contributed by atoms with Crippen LogP contribution < -0.4 is 5.32 Å². The van der Waals surface area contributed by atoms with Gasteiger partial charge in [-0.2, -0.15) is 0 Å². The first-order chi connectivity index (χ1) is 13.7. The first-order valence-electron chi connectivity index (χ1n) is 10.3. The predicted octanol–water partition coefficient (Wildman–Crippen LogP) is 1.19. The second-order valence-corrected chi connectivity index (χ2v) is 7.26. The van der Waals surface area contributed by atoms with Crippen molar-refractivity contribution < 1.29 is 9.53 Å². The zero-order valence-corrected chi connectivity index (χ0v) is 17.1. The van der Waals surface area contributed by atoms with Crippen molar-refractivity contribution in [3.05, 3.63) is 35.9 Å². The van der Waals surface area contributed by atoms with Crippen LogP contribution in [0.15, 0.2) is 35.3 Å². The van der Waals surface area contributed by atoms with Crippen LogP contribution in [0.3, 0.4) is 0 Å². The molecule has 0 aromatic heterocycles. The molecular formula is C21H33N5O2. The lowest BCUT2D eigenvalue weighted by Crippen LogP contribution is -2.53. The number of aliphatic imine (C=N–C) groups is 1. The van der Waals surface area contributed by atoms with E-state index in [1.807, 2.05) is 4.90 Å². The van der Waals surface area contributed by atoms with Crippen LogP contribution >= 0.6 is 0 Å². The normalized spacial score (nSPS) is 20.1. The van der Waals surface area contributed by atoms with Gasteiger partial charge in [0.15, 0.2) is 5.96 Å². The number of benzene rings is 1. The molecule has 1 unspecified atom stereocenters. The van der Waals surface area contributed by atoms with Crippen molar-refractivity contribution in [1.29, 1.82) is 0 Å². The third-order valence-corrected chi connectivity index (χ3v) is 5.44. The number of hydrogen-bond acceptors (Lipinski definition) is 4. The molecule has 0 spiro atoms. The highest BCUT2D eigenvalue weighted by Gasteiger charge is 2.24. The van der Waals surface area contributed by atoms with E-state index in [0.29, 0.717) is 6.54 Å². The molecule has 0 bridgehead atoms. The van der Waals surface area contributed by atoms with Crippen molar-refractivity contribution in [2.24, 2.45) is 4.99 Å². The maximum Gasteiger partial charge on any atom is 0.219 e. The highest BCUT2D eigenvalue weighted by atomic mass is 16.5. The lowest BCUT2D eigenvalue weighted by atomic mass is 10.0. The molecule has 2 heterocycles. The van der Waals surface area contributed by atoms with Crippen molar-refractivity contribution in [3.63, 3.8) is 0 Å². The molecule has 1 aromatic rings. The molecule has 1 amide bonds. The quantitative estimate of drug-likeness (QED) is 0.608. The van der Waals surface area contributed by atoms with Crippen LogP contribution in [0.5, 0.6) is 0 Å². The van der Waals surface area contributed by atoms with Crippen LogP contribution in [0.2, 0.25) is 0 Å². The Hall–Kier alpha value is -2.12. The van der Waals surface area contributed by atoms with Gasteiger partial charge in [0.05, 0.1) is 25.8 Å². The monoisotopic (exact) mass is 387 g/mol. The largest absolute Gasteiger partial charge is 0.379 e. The number of amides is 1. The second kappa shape index (κ2) is 10.4. The molecule has 0 aliphatic carbocycles. The van der Waals surface area contributed by atoms with Crippen LogP contribution in [0.1, 0.15) is 25.5 Å². The molecule has 28 heavy (non-hydrogen) atoms. The van der Waals surface area contributed by atoms with Crippen molar-refractivity contribution in [3.8, 4) is 0 Å². The Balaban J connectivity index is 1.72. The highest BCUT2D eigenvalue weighted by Crippen LogP contribution is 2.22. The first kappa shape index (κ1) is 20.6. The molecular weight excluding hydrogens is 354 g/mol. The summed E-state index contributed by atoms with van der Waals surface area (Å²) in [5.74, 6) is 1.10. The number of carbonyl (C=O) groups is 1. The van der Waals surface area contributed by atoms with E-state index in [9.17, 15) is 4.79 Å². The van der Waals surface area contributed by atoms with Gasteiger partial charge >= 0.3 is 0 Å². The first-order valence-corrected chi connectivity index (χ1v) is 10.3. The Bertz CT molecular complexity index is 637. The third kappa shape index (κ3) is 5.45. The number of rotatable bonds is 5. The minimum atomic E-state index is 0.151. The van der Waals surface area contributed by atoms with Crippen LogP contribution in [0, 0.1) is 0 Å². The molecule has 1 atom stereocenters. The van der Waals surface area contributed by atoms with Crippen LogP contribution in [0.4, 0.5) is 0 Å². The molecule has 2 aliphatic rings. The number of ether oxygens (including phenoxy) is 1.